The number of hydrogen-bond acceptors (Lipinski definition) is 6. The highest BCUT2D eigenvalue weighted by Crippen LogP contribution is 2.11. The SMILES string of the molecule is CNC(=O)c1cnc(/C=C/c2cccc(/C=C/c3ncc(C(=O)NC)c(=O)[nH]3)c2)[nH]c1=O. The van der Waals surface area contributed by atoms with Crippen molar-refractivity contribution < 1.29 is 9.59 Å². The Morgan fingerprint density at radius 1 is 0.781 bits per heavy atom. The van der Waals surface area contributed by atoms with Gasteiger partial charge in [-0.05, 0) is 29.3 Å². The van der Waals surface area contributed by atoms with Crippen molar-refractivity contribution >= 4 is 36.1 Å². The smallest absolute Gasteiger partial charge is 0.263 e. The molecule has 0 bridgehead atoms. The van der Waals surface area contributed by atoms with E-state index in [2.05, 4.69) is 30.6 Å². The molecule has 4 N–H and O–H groups in total. The van der Waals surface area contributed by atoms with Crippen LogP contribution in [0.3, 0.4) is 0 Å². The molecule has 1 aromatic carbocycles. The Morgan fingerprint density at radius 2 is 1.22 bits per heavy atom. The maximum atomic E-state index is 12.0. The number of rotatable bonds is 6. The van der Waals surface area contributed by atoms with Crippen molar-refractivity contribution in [2.75, 3.05) is 14.1 Å². The number of amides is 2. The molecule has 162 valence electrons. The quantitative estimate of drug-likeness (QED) is 0.455. The van der Waals surface area contributed by atoms with Crippen molar-refractivity contribution in [1.82, 2.24) is 30.6 Å². The van der Waals surface area contributed by atoms with Crippen LogP contribution in [0.1, 0.15) is 43.5 Å². The lowest BCUT2D eigenvalue weighted by Gasteiger charge is -2.00. The average Bonchev–Trinajstić information content (AvgIpc) is 2.81. The predicted octanol–water partition coefficient (Wildman–Crippen LogP) is 0.913. The average molecular weight is 432 g/mol. The van der Waals surface area contributed by atoms with E-state index in [0.717, 1.165) is 11.1 Å². The lowest BCUT2D eigenvalue weighted by molar-refractivity contribution is 0.0953. The molecule has 2 aromatic heterocycles. The zero-order valence-electron chi connectivity index (χ0n) is 17.3. The van der Waals surface area contributed by atoms with Gasteiger partial charge in [0.25, 0.3) is 22.9 Å². The summed E-state index contributed by atoms with van der Waals surface area (Å²) >= 11 is 0. The normalized spacial score (nSPS) is 11.1. The molecule has 2 amide bonds. The summed E-state index contributed by atoms with van der Waals surface area (Å²) in [6.45, 7) is 0. The van der Waals surface area contributed by atoms with Gasteiger partial charge in [0, 0.05) is 26.5 Å². The summed E-state index contributed by atoms with van der Waals surface area (Å²) in [5.74, 6) is -0.399. The Balaban J connectivity index is 1.76. The molecule has 0 saturated heterocycles. The summed E-state index contributed by atoms with van der Waals surface area (Å²) < 4.78 is 0. The van der Waals surface area contributed by atoms with Crippen LogP contribution in [0, 0.1) is 0 Å². The van der Waals surface area contributed by atoms with Crippen molar-refractivity contribution in [1.29, 1.82) is 0 Å². The second kappa shape index (κ2) is 9.94. The van der Waals surface area contributed by atoms with Crippen molar-refractivity contribution in [2.45, 2.75) is 0 Å². The molecular formula is C22H20N6O4. The fraction of sp³-hybridized carbons (Fsp3) is 0.0909. The van der Waals surface area contributed by atoms with E-state index < -0.39 is 22.9 Å². The van der Waals surface area contributed by atoms with Gasteiger partial charge in [-0.25, -0.2) is 9.97 Å². The van der Waals surface area contributed by atoms with Gasteiger partial charge in [-0.1, -0.05) is 30.4 Å². The molecule has 0 saturated carbocycles. The second-order valence-electron chi connectivity index (χ2n) is 6.52. The molecule has 0 atom stereocenters. The zero-order chi connectivity index (χ0) is 23.1. The van der Waals surface area contributed by atoms with E-state index in [9.17, 15) is 19.2 Å². The summed E-state index contributed by atoms with van der Waals surface area (Å²) in [4.78, 5) is 60.3. The first-order valence-electron chi connectivity index (χ1n) is 9.50. The number of carbonyl (C=O) groups is 2. The molecule has 10 heteroatoms. The number of nitrogens with zero attached hydrogens (tertiary/aromatic N) is 2. The van der Waals surface area contributed by atoms with Gasteiger partial charge < -0.3 is 20.6 Å². The van der Waals surface area contributed by atoms with Gasteiger partial charge in [-0.15, -0.1) is 0 Å². The number of hydrogen-bond donors (Lipinski definition) is 4. The van der Waals surface area contributed by atoms with Crippen molar-refractivity contribution in [3.63, 3.8) is 0 Å². The summed E-state index contributed by atoms with van der Waals surface area (Å²) in [7, 11) is 2.87. The molecule has 2 heterocycles. The van der Waals surface area contributed by atoms with Gasteiger partial charge in [-0.3, -0.25) is 19.2 Å². The second-order valence-corrected chi connectivity index (χ2v) is 6.52. The molecule has 0 aliphatic carbocycles. The van der Waals surface area contributed by atoms with E-state index in [1.165, 1.54) is 26.5 Å². The van der Waals surface area contributed by atoms with Gasteiger partial charge >= 0.3 is 0 Å². The minimum Gasteiger partial charge on any atom is -0.355 e. The Bertz CT molecular complexity index is 1240. The van der Waals surface area contributed by atoms with Crippen LogP contribution in [-0.2, 0) is 0 Å². The fourth-order valence-corrected chi connectivity index (χ4v) is 2.70. The third-order valence-electron chi connectivity index (χ3n) is 4.36. The van der Waals surface area contributed by atoms with Crippen LogP contribution in [0.4, 0.5) is 0 Å². The summed E-state index contributed by atoms with van der Waals surface area (Å²) in [6.07, 6.45) is 9.20. The molecule has 3 rings (SSSR count). The van der Waals surface area contributed by atoms with E-state index in [-0.39, 0.29) is 11.1 Å². The standard InChI is InChI=1S/C22H20N6O4/c1-23-19(29)15-11-25-17(27-21(15)31)8-6-13-4-3-5-14(10-13)7-9-18-26-12-16(20(30)24-2)22(32)28-18/h3-12H,1-2H3,(H,23,29)(H,24,30)(H,25,27,31)(H,26,28,32)/b8-6+,9-7+. The van der Waals surface area contributed by atoms with Crippen molar-refractivity contribution in [2.24, 2.45) is 0 Å². The minimum absolute atomic E-state index is 0.0632. The number of benzene rings is 1. The lowest BCUT2D eigenvalue weighted by atomic mass is 10.1. The van der Waals surface area contributed by atoms with E-state index in [1.54, 1.807) is 24.3 Å². The van der Waals surface area contributed by atoms with Crippen molar-refractivity contribution in [3.8, 4) is 0 Å². The molecule has 3 aromatic rings. The van der Waals surface area contributed by atoms with Crippen LogP contribution in [0.2, 0.25) is 0 Å². The highest BCUT2D eigenvalue weighted by Gasteiger charge is 2.09. The molecule has 0 aliphatic rings. The Labute approximate surface area is 182 Å². The molecule has 0 spiro atoms. The molecule has 0 fully saturated rings. The van der Waals surface area contributed by atoms with E-state index in [1.807, 2.05) is 24.3 Å². The van der Waals surface area contributed by atoms with E-state index >= 15 is 0 Å². The highest BCUT2D eigenvalue weighted by atomic mass is 16.2. The third kappa shape index (κ3) is 5.30. The van der Waals surface area contributed by atoms with Gasteiger partial charge in [0.15, 0.2) is 0 Å². The molecule has 10 nitrogen and oxygen atoms in total. The van der Waals surface area contributed by atoms with Gasteiger partial charge in [0.1, 0.15) is 22.8 Å². The number of carbonyl (C=O) groups excluding carboxylic acids is 2. The zero-order valence-corrected chi connectivity index (χ0v) is 17.3. The first-order chi connectivity index (χ1) is 15.4. The molecule has 0 unspecified atom stereocenters. The van der Waals surface area contributed by atoms with E-state index in [0.29, 0.717) is 11.6 Å². The highest BCUT2D eigenvalue weighted by molar-refractivity contribution is 5.93. The summed E-state index contributed by atoms with van der Waals surface area (Å²) in [5, 5.41) is 4.76. The fourth-order valence-electron chi connectivity index (χ4n) is 2.70. The predicted molar refractivity (Wildman–Crippen MR) is 121 cm³/mol. The largest absolute Gasteiger partial charge is 0.355 e. The molecule has 0 aliphatic heterocycles. The maximum absolute atomic E-state index is 12.0. The van der Waals surface area contributed by atoms with Crippen molar-refractivity contribution in [3.05, 3.63) is 91.3 Å². The van der Waals surface area contributed by atoms with E-state index in [4.69, 9.17) is 0 Å². The molecular weight excluding hydrogens is 412 g/mol. The van der Waals surface area contributed by atoms with Crippen LogP contribution < -0.4 is 21.8 Å². The Morgan fingerprint density at radius 3 is 1.59 bits per heavy atom. The van der Waals surface area contributed by atoms with Crippen LogP contribution in [0.15, 0.2) is 46.2 Å². The third-order valence-corrected chi connectivity index (χ3v) is 4.36. The number of H-pyrrole nitrogens is 2. The van der Waals surface area contributed by atoms with Crippen LogP contribution in [0.5, 0.6) is 0 Å². The topological polar surface area (TPSA) is 150 Å². The monoisotopic (exact) mass is 432 g/mol. The minimum atomic E-state index is -0.528. The van der Waals surface area contributed by atoms with Crippen LogP contribution >= 0.6 is 0 Å². The number of aromatic amines is 2. The first-order valence-corrected chi connectivity index (χ1v) is 9.50. The van der Waals surface area contributed by atoms with Gasteiger partial charge in [-0.2, -0.15) is 0 Å². The number of nitrogens with one attached hydrogen (secondary N) is 4. The molecule has 32 heavy (non-hydrogen) atoms. The van der Waals surface area contributed by atoms with Crippen LogP contribution in [-0.4, -0.2) is 45.8 Å². The molecule has 0 radical (unpaired) electrons. The summed E-state index contributed by atoms with van der Waals surface area (Å²) in [5.41, 5.74) is 0.487. The van der Waals surface area contributed by atoms with Gasteiger partial charge in [0.05, 0.1) is 0 Å². The van der Waals surface area contributed by atoms with Crippen LogP contribution in [0.25, 0.3) is 24.3 Å². The first kappa shape index (κ1) is 22.1. The lowest BCUT2D eigenvalue weighted by Crippen LogP contribution is -2.27. The summed E-state index contributed by atoms with van der Waals surface area (Å²) in [6, 6.07) is 7.45. The maximum Gasteiger partial charge on any atom is 0.263 e. The van der Waals surface area contributed by atoms with Gasteiger partial charge in [0.2, 0.25) is 0 Å². The Hall–Kier alpha value is -4.60. The number of aromatic nitrogens is 4. The Kier molecular flexibility index (Phi) is 6.86.